The second-order valence-electron chi connectivity index (χ2n) is 3.98. The number of aromatic nitrogens is 1. The molecular weight excluding hydrogens is 244 g/mol. The summed E-state index contributed by atoms with van der Waals surface area (Å²) in [6.07, 6.45) is 1.75. The van der Waals surface area contributed by atoms with Crippen LogP contribution in [0.2, 0.25) is 0 Å². The molecule has 1 aromatic heterocycles. The molecule has 0 fully saturated rings. The highest BCUT2D eigenvalue weighted by molar-refractivity contribution is 9.10. The van der Waals surface area contributed by atoms with E-state index in [1.54, 1.807) is 20.0 Å². The molecule has 0 bridgehead atoms. The minimum absolute atomic E-state index is 0.487. The first kappa shape index (κ1) is 11.5. The Morgan fingerprint density at radius 3 is 2.71 bits per heavy atom. The van der Waals surface area contributed by atoms with E-state index in [9.17, 15) is 5.11 Å². The van der Waals surface area contributed by atoms with Crippen LogP contribution in [0.4, 0.5) is 5.82 Å². The first-order valence-corrected chi connectivity index (χ1v) is 5.26. The molecule has 0 amide bonds. The highest BCUT2D eigenvalue weighted by Crippen LogP contribution is 2.17. The Hall–Kier alpha value is -0.610. The summed E-state index contributed by atoms with van der Waals surface area (Å²) in [5.41, 5.74) is 0.404. The Labute approximate surface area is 92.7 Å². The number of hydrogen-bond acceptors (Lipinski definition) is 3. The van der Waals surface area contributed by atoms with Crippen LogP contribution in [0.3, 0.4) is 0 Å². The topological polar surface area (TPSA) is 45.1 Å². The zero-order valence-corrected chi connectivity index (χ0v) is 10.2. The molecule has 0 spiro atoms. The maximum atomic E-state index is 9.50. The summed E-state index contributed by atoms with van der Waals surface area (Å²) in [7, 11) is 0. The lowest BCUT2D eigenvalue weighted by molar-refractivity contribution is 0.0944. The average molecular weight is 259 g/mol. The summed E-state index contributed by atoms with van der Waals surface area (Å²) in [5, 5.41) is 12.6. The molecule has 0 aliphatic heterocycles. The molecular formula is C10H15BrN2O. The maximum absolute atomic E-state index is 9.50. The van der Waals surface area contributed by atoms with Crippen LogP contribution >= 0.6 is 15.9 Å². The third-order valence-corrected chi connectivity index (χ3v) is 2.58. The Bertz CT molecular complexity index is 320. The highest BCUT2D eigenvalue weighted by Gasteiger charge is 2.11. The van der Waals surface area contributed by atoms with Gasteiger partial charge in [0, 0.05) is 17.2 Å². The van der Waals surface area contributed by atoms with Crippen molar-refractivity contribution in [2.75, 3.05) is 11.9 Å². The van der Waals surface area contributed by atoms with E-state index in [0.29, 0.717) is 6.54 Å². The number of rotatable bonds is 3. The first-order valence-electron chi connectivity index (χ1n) is 4.47. The fourth-order valence-electron chi connectivity index (χ4n) is 0.943. The Morgan fingerprint density at radius 1 is 1.57 bits per heavy atom. The van der Waals surface area contributed by atoms with Crippen LogP contribution < -0.4 is 5.32 Å². The molecule has 14 heavy (non-hydrogen) atoms. The van der Waals surface area contributed by atoms with E-state index >= 15 is 0 Å². The molecule has 3 nitrogen and oxygen atoms in total. The van der Waals surface area contributed by atoms with Crippen LogP contribution in [0.5, 0.6) is 0 Å². The summed E-state index contributed by atoms with van der Waals surface area (Å²) < 4.78 is 0.992. The van der Waals surface area contributed by atoms with Crippen LogP contribution in [-0.2, 0) is 0 Å². The van der Waals surface area contributed by atoms with Crippen molar-refractivity contribution in [2.24, 2.45) is 0 Å². The number of nitrogens with one attached hydrogen (secondary N) is 1. The summed E-state index contributed by atoms with van der Waals surface area (Å²) in [6, 6.07) is 1.94. The monoisotopic (exact) mass is 258 g/mol. The van der Waals surface area contributed by atoms with E-state index in [1.165, 1.54) is 0 Å². The van der Waals surface area contributed by atoms with Gasteiger partial charge in [-0.05, 0) is 48.3 Å². The lowest BCUT2D eigenvalue weighted by atomic mass is 10.1. The lowest BCUT2D eigenvalue weighted by Crippen LogP contribution is -2.29. The van der Waals surface area contributed by atoms with Gasteiger partial charge in [-0.3, -0.25) is 0 Å². The van der Waals surface area contributed by atoms with Gasteiger partial charge in [0.15, 0.2) is 0 Å². The Kier molecular flexibility index (Phi) is 3.50. The van der Waals surface area contributed by atoms with Gasteiger partial charge in [-0.15, -0.1) is 0 Å². The van der Waals surface area contributed by atoms with E-state index in [1.807, 2.05) is 13.0 Å². The van der Waals surface area contributed by atoms with E-state index < -0.39 is 5.60 Å². The third kappa shape index (κ3) is 3.64. The number of aryl methyl sites for hydroxylation is 1. The fourth-order valence-corrected chi connectivity index (χ4v) is 1.16. The molecule has 1 heterocycles. The van der Waals surface area contributed by atoms with E-state index in [0.717, 1.165) is 15.9 Å². The van der Waals surface area contributed by atoms with Gasteiger partial charge in [0.1, 0.15) is 5.82 Å². The standard InChI is InChI=1S/C10H15BrN2O/c1-7-4-9(12-5-8(7)11)13-6-10(2,3)14/h4-5,14H,6H2,1-3H3,(H,12,13). The molecule has 0 saturated heterocycles. The predicted molar refractivity (Wildman–Crippen MR) is 61.5 cm³/mol. The van der Waals surface area contributed by atoms with Gasteiger partial charge in [-0.25, -0.2) is 4.98 Å². The molecule has 4 heteroatoms. The molecule has 78 valence electrons. The van der Waals surface area contributed by atoms with Crippen LogP contribution in [0, 0.1) is 6.92 Å². The maximum Gasteiger partial charge on any atom is 0.126 e. The summed E-state index contributed by atoms with van der Waals surface area (Å²) in [4.78, 5) is 4.17. The number of anilines is 1. The van der Waals surface area contributed by atoms with E-state index in [-0.39, 0.29) is 0 Å². The van der Waals surface area contributed by atoms with E-state index in [2.05, 4.69) is 26.2 Å². The van der Waals surface area contributed by atoms with Crippen molar-refractivity contribution in [1.29, 1.82) is 0 Å². The highest BCUT2D eigenvalue weighted by atomic mass is 79.9. The number of pyridine rings is 1. The molecule has 1 rings (SSSR count). The second kappa shape index (κ2) is 4.28. The van der Waals surface area contributed by atoms with Gasteiger partial charge in [0.2, 0.25) is 0 Å². The number of hydrogen-bond donors (Lipinski definition) is 2. The number of halogens is 1. The molecule has 0 aliphatic carbocycles. The average Bonchev–Trinajstić information content (AvgIpc) is 2.06. The van der Waals surface area contributed by atoms with Crippen molar-refractivity contribution in [3.05, 3.63) is 22.3 Å². The molecule has 0 radical (unpaired) electrons. The van der Waals surface area contributed by atoms with Gasteiger partial charge in [0.05, 0.1) is 5.60 Å². The minimum atomic E-state index is -0.720. The predicted octanol–water partition coefficient (Wildman–Crippen LogP) is 2.34. The minimum Gasteiger partial charge on any atom is -0.389 e. The molecule has 0 atom stereocenters. The molecule has 0 aromatic carbocycles. The van der Waals surface area contributed by atoms with E-state index in [4.69, 9.17) is 0 Å². The van der Waals surface area contributed by atoms with Crippen molar-refractivity contribution >= 4 is 21.7 Å². The SMILES string of the molecule is Cc1cc(NCC(C)(C)O)ncc1Br. The van der Waals surface area contributed by atoms with Gasteiger partial charge in [0.25, 0.3) is 0 Å². The third-order valence-electron chi connectivity index (χ3n) is 1.75. The van der Waals surface area contributed by atoms with Crippen molar-refractivity contribution in [1.82, 2.24) is 4.98 Å². The number of aliphatic hydroxyl groups is 1. The van der Waals surface area contributed by atoms with Crippen LogP contribution in [0.25, 0.3) is 0 Å². The largest absolute Gasteiger partial charge is 0.389 e. The Balaban J connectivity index is 2.65. The zero-order valence-electron chi connectivity index (χ0n) is 8.63. The molecule has 0 unspecified atom stereocenters. The molecule has 2 N–H and O–H groups in total. The summed E-state index contributed by atoms with van der Waals surface area (Å²) in [6.45, 7) is 6.00. The van der Waals surface area contributed by atoms with Gasteiger partial charge >= 0.3 is 0 Å². The molecule has 0 aliphatic rings. The first-order chi connectivity index (χ1) is 6.38. The van der Waals surface area contributed by atoms with Crippen molar-refractivity contribution in [2.45, 2.75) is 26.4 Å². The van der Waals surface area contributed by atoms with Crippen molar-refractivity contribution in [3.63, 3.8) is 0 Å². The second-order valence-corrected chi connectivity index (χ2v) is 4.84. The Morgan fingerprint density at radius 2 is 2.21 bits per heavy atom. The molecule has 0 saturated carbocycles. The van der Waals surface area contributed by atoms with Gasteiger partial charge in [-0.1, -0.05) is 0 Å². The molecule has 1 aromatic rings. The van der Waals surface area contributed by atoms with Crippen LogP contribution in [0.1, 0.15) is 19.4 Å². The van der Waals surface area contributed by atoms with Crippen molar-refractivity contribution < 1.29 is 5.11 Å². The van der Waals surface area contributed by atoms with Gasteiger partial charge in [-0.2, -0.15) is 0 Å². The van der Waals surface area contributed by atoms with Crippen molar-refractivity contribution in [3.8, 4) is 0 Å². The normalized spacial score (nSPS) is 11.5. The van der Waals surface area contributed by atoms with Crippen LogP contribution in [0.15, 0.2) is 16.7 Å². The lowest BCUT2D eigenvalue weighted by Gasteiger charge is -2.18. The summed E-state index contributed by atoms with van der Waals surface area (Å²) in [5.74, 6) is 0.785. The number of nitrogens with zero attached hydrogens (tertiary/aromatic N) is 1. The zero-order chi connectivity index (χ0) is 10.8. The smallest absolute Gasteiger partial charge is 0.126 e. The van der Waals surface area contributed by atoms with Crippen LogP contribution in [-0.4, -0.2) is 22.2 Å². The quantitative estimate of drug-likeness (QED) is 0.875. The fraction of sp³-hybridized carbons (Fsp3) is 0.500. The van der Waals surface area contributed by atoms with Gasteiger partial charge < -0.3 is 10.4 Å². The summed E-state index contributed by atoms with van der Waals surface area (Å²) >= 11 is 3.38.